The Labute approximate surface area is 252 Å². The molecule has 0 saturated heterocycles. The molecule has 216 valence electrons. The van der Waals surface area contributed by atoms with Crippen LogP contribution in [-0.2, 0) is 9.59 Å². The maximum absolute atomic E-state index is 13.5. The molecule has 42 heavy (non-hydrogen) atoms. The molecule has 0 aliphatic carbocycles. The van der Waals surface area contributed by atoms with E-state index >= 15 is 0 Å². The molecular formula is C32H29Cl2N3O5. The summed E-state index contributed by atoms with van der Waals surface area (Å²) >= 11 is 12.6. The molecule has 4 aromatic carbocycles. The van der Waals surface area contributed by atoms with E-state index in [1.165, 1.54) is 0 Å². The number of fused-ring (bicyclic) bond motifs is 6. The number of benzene rings is 4. The molecule has 0 bridgehead atoms. The molecule has 10 heteroatoms. The molecule has 2 aliphatic rings. The number of carbonyl (C=O) groups excluding carboxylic acids is 2. The molecule has 4 aromatic rings. The van der Waals surface area contributed by atoms with Crippen LogP contribution in [0.2, 0.25) is 0 Å². The predicted molar refractivity (Wildman–Crippen MR) is 167 cm³/mol. The van der Waals surface area contributed by atoms with Gasteiger partial charge in [0.1, 0.15) is 5.75 Å². The lowest BCUT2D eigenvalue weighted by Crippen LogP contribution is -2.32. The highest BCUT2D eigenvalue weighted by molar-refractivity contribution is 6.19. The first-order chi connectivity index (χ1) is 20.3. The monoisotopic (exact) mass is 605 g/mol. The molecular weight excluding hydrogens is 577 g/mol. The van der Waals surface area contributed by atoms with E-state index in [4.69, 9.17) is 23.2 Å². The molecule has 0 saturated carbocycles. The van der Waals surface area contributed by atoms with Gasteiger partial charge in [0, 0.05) is 72.1 Å². The molecule has 3 amide bonds. The van der Waals surface area contributed by atoms with Crippen molar-refractivity contribution in [2.45, 2.75) is 31.1 Å². The van der Waals surface area contributed by atoms with Gasteiger partial charge in [-0.3, -0.25) is 14.9 Å². The minimum Gasteiger partial charge on any atom is -0.507 e. The molecule has 2 heterocycles. The Kier molecular flexibility index (Phi) is 7.60. The van der Waals surface area contributed by atoms with Crippen molar-refractivity contribution in [1.29, 1.82) is 0 Å². The van der Waals surface area contributed by atoms with Crippen molar-refractivity contribution in [3.05, 3.63) is 71.8 Å². The SMILES string of the molecule is O=C(O)Nc1cc2c(c3ccccc13)C(CCl)CN2C(=O)CCCC(=O)N1C[C@@H](CCl)c2c1cc(O)c1ccccc21. The number of rotatable bonds is 7. The fraction of sp³-hybridized carbons (Fsp3) is 0.281. The number of carboxylic acid groups (broad SMARTS) is 1. The van der Waals surface area contributed by atoms with Crippen LogP contribution in [0.15, 0.2) is 60.7 Å². The Hall–Kier alpha value is -4.01. The van der Waals surface area contributed by atoms with Gasteiger partial charge < -0.3 is 20.0 Å². The summed E-state index contributed by atoms with van der Waals surface area (Å²) in [7, 11) is 0. The molecule has 0 radical (unpaired) electrons. The number of phenolic OH excluding ortho intramolecular Hbond substituents is 1. The van der Waals surface area contributed by atoms with Gasteiger partial charge in [0.25, 0.3) is 0 Å². The van der Waals surface area contributed by atoms with Gasteiger partial charge >= 0.3 is 6.09 Å². The van der Waals surface area contributed by atoms with E-state index in [1.54, 1.807) is 21.9 Å². The van der Waals surface area contributed by atoms with Gasteiger partial charge in [-0.15, -0.1) is 23.2 Å². The quantitative estimate of drug-likeness (QED) is 0.196. The second kappa shape index (κ2) is 11.3. The van der Waals surface area contributed by atoms with Crippen molar-refractivity contribution in [2.75, 3.05) is 40.0 Å². The number of hydrogen-bond donors (Lipinski definition) is 3. The van der Waals surface area contributed by atoms with Gasteiger partial charge in [-0.1, -0.05) is 48.5 Å². The van der Waals surface area contributed by atoms with Crippen LogP contribution in [0.4, 0.5) is 21.9 Å². The number of halogens is 2. The second-order valence-corrected chi connectivity index (χ2v) is 11.4. The lowest BCUT2D eigenvalue weighted by Gasteiger charge is -2.20. The Morgan fingerprint density at radius 2 is 1.24 bits per heavy atom. The van der Waals surface area contributed by atoms with Crippen molar-refractivity contribution >= 4 is 79.7 Å². The van der Waals surface area contributed by atoms with Crippen molar-refractivity contribution in [1.82, 2.24) is 0 Å². The zero-order chi connectivity index (χ0) is 29.5. The Balaban J connectivity index is 1.21. The van der Waals surface area contributed by atoms with Crippen LogP contribution in [0.5, 0.6) is 5.75 Å². The second-order valence-electron chi connectivity index (χ2n) is 10.8. The Morgan fingerprint density at radius 1 is 0.762 bits per heavy atom. The van der Waals surface area contributed by atoms with Crippen molar-refractivity contribution in [2.24, 2.45) is 0 Å². The number of nitrogens with zero attached hydrogens (tertiary/aromatic N) is 2. The van der Waals surface area contributed by atoms with Crippen LogP contribution >= 0.6 is 23.2 Å². The van der Waals surface area contributed by atoms with Gasteiger partial charge in [0.2, 0.25) is 11.8 Å². The van der Waals surface area contributed by atoms with E-state index in [-0.39, 0.29) is 42.2 Å². The predicted octanol–water partition coefficient (Wildman–Crippen LogP) is 7.00. The topological polar surface area (TPSA) is 110 Å². The standard InChI is InChI=1S/C32H29Cl2N3O5/c33-14-18-16-36(25-12-24(35-32(41)42)20-6-1-3-8-22(20)30(18)25)28(39)10-5-11-29(40)37-17-19(15-34)31-23-9-4-2-7-21(23)27(38)13-26(31)37/h1-4,6-9,12-13,18-19,35,38H,5,10-11,14-17H2,(H,41,42)/t18?,19-/m1/s1. The molecule has 6 rings (SSSR count). The minimum atomic E-state index is -1.19. The summed E-state index contributed by atoms with van der Waals surface area (Å²) in [4.78, 5) is 41.7. The summed E-state index contributed by atoms with van der Waals surface area (Å²) in [5.41, 5.74) is 3.59. The van der Waals surface area contributed by atoms with Gasteiger partial charge in [-0.25, -0.2) is 4.79 Å². The molecule has 0 fully saturated rings. The number of carbonyl (C=O) groups is 3. The zero-order valence-corrected chi connectivity index (χ0v) is 24.2. The van der Waals surface area contributed by atoms with Crippen LogP contribution < -0.4 is 15.1 Å². The highest BCUT2D eigenvalue weighted by Gasteiger charge is 2.36. The van der Waals surface area contributed by atoms with Crippen LogP contribution in [0.3, 0.4) is 0 Å². The minimum absolute atomic E-state index is 0.0604. The van der Waals surface area contributed by atoms with Crippen LogP contribution in [0, 0.1) is 0 Å². The van der Waals surface area contributed by atoms with Crippen molar-refractivity contribution in [3.8, 4) is 5.75 Å². The first-order valence-corrected chi connectivity index (χ1v) is 14.9. The summed E-state index contributed by atoms with van der Waals surface area (Å²) in [6.45, 7) is 0.803. The summed E-state index contributed by atoms with van der Waals surface area (Å²) in [6, 6.07) is 18.3. The van der Waals surface area contributed by atoms with Crippen molar-refractivity contribution < 1.29 is 24.6 Å². The number of aromatic hydroxyl groups is 1. The van der Waals surface area contributed by atoms with Gasteiger partial charge in [-0.2, -0.15) is 0 Å². The molecule has 0 aromatic heterocycles. The fourth-order valence-corrected chi connectivity index (χ4v) is 6.98. The Bertz CT molecular complexity index is 1740. The van der Waals surface area contributed by atoms with Crippen LogP contribution in [0.1, 0.15) is 42.2 Å². The van der Waals surface area contributed by atoms with E-state index in [0.29, 0.717) is 48.3 Å². The summed E-state index contributed by atoms with van der Waals surface area (Å²) in [6.07, 6.45) is -0.571. The summed E-state index contributed by atoms with van der Waals surface area (Å²) in [5.74, 6) is 0.305. The number of phenols is 1. The van der Waals surface area contributed by atoms with E-state index in [2.05, 4.69) is 5.32 Å². The Morgan fingerprint density at radius 3 is 1.76 bits per heavy atom. The van der Waals surface area contributed by atoms with Gasteiger partial charge in [-0.05, 0) is 34.4 Å². The van der Waals surface area contributed by atoms with Crippen molar-refractivity contribution in [3.63, 3.8) is 0 Å². The fourth-order valence-electron chi connectivity index (χ4n) is 6.48. The number of amides is 3. The molecule has 8 nitrogen and oxygen atoms in total. The maximum atomic E-state index is 13.5. The molecule has 1 unspecified atom stereocenters. The van der Waals surface area contributed by atoms with E-state index in [1.807, 2.05) is 48.5 Å². The number of alkyl halides is 2. The first-order valence-electron chi connectivity index (χ1n) is 13.8. The number of hydrogen-bond acceptors (Lipinski definition) is 4. The highest BCUT2D eigenvalue weighted by Crippen LogP contribution is 2.46. The first kappa shape index (κ1) is 28.1. The van der Waals surface area contributed by atoms with Crippen LogP contribution in [0.25, 0.3) is 21.5 Å². The lowest BCUT2D eigenvalue weighted by molar-refractivity contribution is -0.119. The normalized spacial score (nSPS) is 17.5. The van der Waals surface area contributed by atoms with Gasteiger partial charge in [0.05, 0.1) is 11.4 Å². The highest BCUT2D eigenvalue weighted by atomic mass is 35.5. The number of anilines is 3. The smallest absolute Gasteiger partial charge is 0.409 e. The largest absolute Gasteiger partial charge is 0.507 e. The van der Waals surface area contributed by atoms with E-state index in [9.17, 15) is 24.6 Å². The average Bonchev–Trinajstić information content (AvgIpc) is 3.55. The zero-order valence-electron chi connectivity index (χ0n) is 22.6. The maximum Gasteiger partial charge on any atom is 0.409 e. The third kappa shape index (κ3) is 4.78. The summed E-state index contributed by atoms with van der Waals surface area (Å²) in [5, 5.41) is 25.7. The average molecular weight is 607 g/mol. The van der Waals surface area contributed by atoms with Crippen LogP contribution in [-0.4, -0.2) is 53.0 Å². The molecule has 0 spiro atoms. The number of nitrogens with one attached hydrogen (secondary N) is 1. The third-order valence-corrected chi connectivity index (χ3v) is 9.05. The molecule has 2 atom stereocenters. The third-order valence-electron chi connectivity index (χ3n) is 8.31. The van der Waals surface area contributed by atoms with E-state index in [0.717, 1.165) is 32.7 Å². The van der Waals surface area contributed by atoms with Gasteiger partial charge in [0.15, 0.2) is 0 Å². The molecule has 2 aliphatic heterocycles. The molecule has 3 N–H and O–H groups in total. The lowest BCUT2D eigenvalue weighted by atomic mass is 9.95. The van der Waals surface area contributed by atoms with E-state index < -0.39 is 6.09 Å². The summed E-state index contributed by atoms with van der Waals surface area (Å²) < 4.78 is 0.